The number of ketones is 1. The topological polar surface area (TPSA) is 35.5 Å². The van der Waals surface area contributed by atoms with E-state index in [1.807, 2.05) is 0 Å². The molecule has 0 amide bonds. The third kappa shape index (κ3) is 5.45. The summed E-state index contributed by atoms with van der Waals surface area (Å²) >= 11 is 0. The van der Waals surface area contributed by atoms with Gasteiger partial charge >= 0.3 is 0 Å². The predicted octanol–water partition coefficient (Wildman–Crippen LogP) is 7.33. The van der Waals surface area contributed by atoms with Gasteiger partial charge in [0.2, 0.25) is 0 Å². The monoisotopic (exact) mass is 440 g/mol. The molecule has 29 heavy (non-hydrogen) atoms. The molecule has 2 aliphatic rings. The van der Waals surface area contributed by atoms with Gasteiger partial charge in [-0.1, -0.05) is 48.5 Å². The van der Waals surface area contributed by atoms with Crippen LogP contribution in [0.1, 0.15) is 87.0 Å². The van der Waals surface area contributed by atoms with Crippen LogP contribution in [0.4, 0.5) is 0 Å². The summed E-state index contributed by atoms with van der Waals surface area (Å²) in [5.74, 6) is 0.485. The van der Waals surface area contributed by atoms with Crippen molar-refractivity contribution in [3.05, 3.63) is 0 Å². The first-order valence-corrected chi connectivity index (χ1v) is 17.6. The maximum atomic E-state index is 13.1. The Balaban J connectivity index is 2.25. The van der Waals surface area contributed by atoms with Gasteiger partial charge in [0.05, 0.1) is 12.2 Å². The summed E-state index contributed by atoms with van der Waals surface area (Å²) in [4.78, 5) is 13.1. The Kier molecular flexibility index (Phi) is 7.13. The van der Waals surface area contributed by atoms with Crippen molar-refractivity contribution in [1.82, 2.24) is 0 Å². The summed E-state index contributed by atoms with van der Waals surface area (Å²) in [6.45, 7) is 25.6. The molecule has 0 aromatic rings. The lowest BCUT2D eigenvalue weighted by atomic mass is 9.63. The fourth-order valence-electron chi connectivity index (χ4n) is 4.45. The first-order valence-electron chi connectivity index (χ1n) is 11.8. The van der Waals surface area contributed by atoms with E-state index < -0.39 is 16.6 Å². The number of carbonyl (C=O) groups excluding carboxylic acids is 1. The zero-order valence-electron chi connectivity index (χ0n) is 21.2. The highest BCUT2D eigenvalue weighted by Gasteiger charge is 2.51. The normalized spacial score (nSPS) is 32.7. The lowest BCUT2D eigenvalue weighted by Crippen LogP contribution is -2.55. The zero-order chi connectivity index (χ0) is 22.5. The quantitative estimate of drug-likeness (QED) is 0.429. The van der Waals surface area contributed by atoms with E-state index in [0.29, 0.717) is 12.2 Å². The van der Waals surface area contributed by atoms with E-state index >= 15 is 0 Å². The van der Waals surface area contributed by atoms with Crippen LogP contribution in [0.3, 0.4) is 0 Å². The third-order valence-corrected chi connectivity index (χ3v) is 17.7. The number of rotatable bonds is 4. The molecule has 0 unspecified atom stereocenters. The zero-order valence-corrected chi connectivity index (χ0v) is 23.2. The van der Waals surface area contributed by atoms with Crippen LogP contribution in [0.5, 0.6) is 0 Å². The van der Waals surface area contributed by atoms with Crippen molar-refractivity contribution in [2.45, 2.75) is 135 Å². The second-order valence-electron chi connectivity index (χ2n) is 13.1. The highest BCUT2D eigenvalue weighted by atomic mass is 28.4. The maximum absolute atomic E-state index is 13.1. The van der Waals surface area contributed by atoms with Gasteiger partial charge < -0.3 is 8.85 Å². The van der Waals surface area contributed by atoms with E-state index in [1.165, 1.54) is 0 Å². The molecule has 0 aromatic carbocycles. The molecule has 170 valence electrons. The van der Waals surface area contributed by atoms with Gasteiger partial charge in [-0.15, -0.1) is 0 Å². The molecule has 0 N–H and O–H groups in total. The van der Waals surface area contributed by atoms with E-state index in [4.69, 9.17) is 8.85 Å². The fraction of sp³-hybridized carbons (Fsp3) is 0.958. The summed E-state index contributed by atoms with van der Waals surface area (Å²) < 4.78 is 13.8. The SMILES string of the molecule is CC(C)(C)[Si](C)(C)O[C@H]1CC[C@@]2(C)C[C@H]1C(=O)CCC[C@@H]2O[Si](C)(C)C(C)(C)C. The van der Waals surface area contributed by atoms with E-state index in [2.05, 4.69) is 74.7 Å². The van der Waals surface area contributed by atoms with Crippen molar-refractivity contribution < 1.29 is 13.6 Å². The highest BCUT2D eigenvalue weighted by Crippen LogP contribution is 2.51. The van der Waals surface area contributed by atoms with Gasteiger partial charge in [-0.3, -0.25) is 4.79 Å². The van der Waals surface area contributed by atoms with Crippen molar-refractivity contribution >= 4 is 22.4 Å². The van der Waals surface area contributed by atoms with Gasteiger partial charge in [-0.25, -0.2) is 0 Å². The van der Waals surface area contributed by atoms with Crippen LogP contribution in [0, 0.1) is 11.3 Å². The standard InChI is InChI=1S/C24H48O3Si2/c1-22(2,3)28(8,9)26-20-15-16-24(7)17-18(20)19(25)13-12-14-21(24)27-29(10,11)23(4,5)6/h18,20-21H,12-17H2,1-11H3/t18-,20-,21-,24-/m0/s1. The predicted molar refractivity (Wildman–Crippen MR) is 128 cm³/mol. The number of Topliss-reactive ketones (excluding diaryl/α,β-unsaturated/α-hetero) is 1. The number of carbonyl (C=O) groups is 1. The molecule has 0 radical (unpaired) electrons. The molecule has 2 saturated carbocycles. The van der Waals surface area contributed by atoms with Gasteiger partial charge in [-0.05, 0) is 73.8 Å². The van der Waals surface area contributed by atoms with Gasteiger partial charge in [0, 0.05) is 12.3 Å². The largest absolute Gasteiger partial charge is 0.413 e. The summed E-state index contributed by atoms with van der Waals surface area (Å²) in [5, 5.41) is 0.385. The van der Waals surface area contributed by atoms with E-state index in [1.54, 1.807) is 0 Å². The smallest absolute Gasteiger partial charge is 0.192 e. The Hall–Kier alpha value is 0.0238. The highest BCUT2D eigenvalue weighted by molar-refractivity contribution is 6.74. The summed E-state index contributed by atoms with van der Waals surface area (Å²) in [6.07, 6.45) is 6.08. The first-order chi connectivity index (χ1) is 12.9. The minimum atomic E-state index is -1.89. The number of hydrogen-bond donors (Lipinski definition) is 0. The summed E-state index contributed by atoms with van der Waals surface area (Å²) in [7, 11) is -3.73. The minimum absolute atomic E-state index is 0.0497. The molecule has 0 spiro atoms. The van der Waals surface area contributed by atoms with Crippen LogP contribution in [-0.4, -0.2) is 34.6 Å². The van der Waals surface area contributed by atoms with Gasteiger partial charge in [-0.2, -0.15) is 0 Å². The van der Waals surface area contributed by atoms with Crippen molar-refractivity contribution in [2.24, 2.45) is 11.3 Å². The van der Waals surface area contributed by atoms with Crippen LogP contribution in [0.15, 0.2) is 0 Å². The van der Waals surface area contributed by atoms with Crippen LogP contribution in [0.25, 0.3) is 0 Å². The number of hydrogen-bond acceptors (Lipinski definition) is 3. The lowest BCUT2D eigenvalue weighted by Gasteiger charge is -2.52. The van der Waals surface area contributed by atoms with Crippen LogP contribution >= 0.6 is 0 Å². The van der Waals surface area contributed by atoms with E-state index in [-0.39, 0.29) is 33.6 Å². The molecule has 4 atom stereocenters. The van der Waals surface area contributed by atoms with Crippen LogP contribution < -0.4 is 0 Å². The molecule has 2 aliphatic carbocycles. The Morgan fingerprint density at radius 3 is 1.93 bits per heavy atom. The molecule has 2 fully saturated rings. The Labute approximate surface area is 183 Å². The average molecular weight is 441 g/mol. The molecule has 2 rings (SSSR count). The molecular weight excluding hydrogens is 392 g/mol. The van der Waals surface area contributed by atoms with Gasteiger partial charge in [0.25, 0.3) is 0 Å². The van der Waals surface area contributed by atoms with E-state index in [9.17, 15) is 4.79 Å². The lowest BCUT2D eigenvalue weighted by molar-refractivity contribution is -0.135. The van der Waals surface area contributed by atoms with Crippen molar-refractivity contribution in [3.8, 4) is 0 Å². The average Bonchev–Trinajstić information content (AvgIpc) is 2.52. The van der Waals surface area contributed by atoms with Crippen molar-refractivity contribution in [2.75, 3.05) is 0 Å². The van der Waals surface area contributed by atoms with Gasteiger partial charge in [0.15, 0.2) is 16.6 Å². The first kappa shape index (κ1) is 25.3. The van der Waals surface area contributed by atoms with E-state index in [0.717, 1.165) is 32.1 Å². The van der Waals surface area contributed by atoms with Crippen molar-refractivity contribution in [1.29, 1.82) is 0 Å². The van der Waals surface area contributed by atoms with Crippen LogP contribution in [0.2, 0.25) is 36.3 Å². The van der Waals surface area contributed by atoms with Crippen molar-refractivity contribution in [3.63, 3.8) is 0 Å². The minimum Gasteiger partial charge on any atom is -0.413 e. The summed E-state index contributed by atoms with van der Waals surface area (Å²) in [5.41, 5.74) is 0.0869. The maximum Gasteiger partial charge on any atom is 0.192 e. The summed E-state index contributed by atoms with van der Waals surface area (Å²) in [6, 6.07) is 0. The number of fused-ring (bicyclic) bond motifs is 2. The van der Waals surface area contributed by atoms with Crippen LogP contribution in [-0.2, 0) is 13.6 Å². The second kappa shape index (κ2) is 8.18. The molecule has 3 nitrogen and oxygen atoms in total. The van der Waals surface area contributed by atoms with Gasteiger partial charge in [0.1, 0.15) is 5.78 Å². The molecule has 0 heterocycles. The molecule has 0 saturated heterocycles. The fourth-order valence-corrected chi connectivity index (χ4v) is 7.31. The molecule has 5 heteroatoms. The Bertz CT molecular complexity index is 600. The Morgan fingerprint density at radius 1 is 0.897 bits per heavy atom. The molecular formula is C24H48O3Si2. The molecule has 2 bridgehead atoms. The Morgan fingerprint density at radius 2 is 1.41 bits per heavy atom. The second-order valence-corrected chi connectivity index (χ2v) is 22.7. The third-order valence-electron chi connectivity index (χ3n) is 8.71. The molecule has 0 aromatic heterocycles. The molecule has 0 aliphatic heterocycles.